The Labute approximate surface area is 215 Å². The number of aliphatic hydroxyl groups excluding tert-OH is 1. The number of rotatable bonds is 8. The highest BCUT2D eigenvalue weighted by molar-refractivity contribution is 8.93. The number of aryl methyl sites for hydroxylation is 2. The van der Waals surface area contributed by atoms with Crippen molar-refractivity contribution in [3.63, 3.8) is 0 Å². The molecule has 2 heterocycles. The van der Waals surface area contributed by atoms with Crippen LogP contribution in [0.25, 0.3) is 11.2 Å². The number of aromatic nitrogens is 3. The molecule has 0 spiro atoms. The maximum Gasteiger partial charge on any atom is 0.245 e. The molecule has 35 heavy (non-hydrogen) atoms. The Bertz CT molecular complexity index is 1340. The van der Waals surface area contributed by atoms with Gasteiger partial charge in [-0.05, 0) is 50.5 Å². The summed E-state index contributed by atoms with van der Waals surface area (Å²) in [7, 11) is 0. The molecule has 4 rings (SSSR count). The van der Waals surface area contributed by atoms with E-state index in [9.17, 15) is 15.3 Å². The van der Waals surface area contributed by atoms with Gasteiger partial charge in [0.15, 0.2) is 5.65 Å². The van der Waals surface area contributed by atoms with Crippen molar-refractivity contribution in [2.75, 3.05) is 13.2 Å². The van der Waals surface area contributed by atoms with E-state index in [1.54, 1.807) is 6.20 Å². The third kappa shape index (κ3) is 5.71. The molecular weight excluding hydrogens is 506 g/mol. The summed E-state index contributed by atoms with van der Waals surface area (Å²) in [4.78, 5) is 16.5. The number of aliphatic hydroxyl groups is 1. The largest absolute Gasteiger partial charge is 0.387 e. The molecule has 2 unspecified atom stereocenters. The smallest absolute Gasteiger partial charge is 0.245 e. The van der Waals surface area contributed by atoms with Gasteiger partial charge in [-0.25, -0.2) is 4.98 Å². The van der Waals surface area contributed by atoms with Crippen molar-refractivity contribution in [2.45, 2.75) is 39.3 Å². The fourth-order valence-corrected chi connectivity index (χ4v) is 4.36. The van der Waals surface area contributed by atoms with E-state index >= 15 is 0 Å². The monoisotopic (exact) mass is 537 g/mol. The second-order valence-corrected chi connectivity index (χ2v) is 8.80. The Morgan fingerprint density at radius 3 is 2.29 bits per heavy atom. The van der Waals surface area contributed by atoms with Crippen LogP contribution in [-0.2, 0) is 11.2 Å². The van der Waals surface area contributed by atoms with Crippen molar-refractivity contribution < 1.29 is 9.90 Å². The average molecular weight is 538 g/mol. The summed E-state index contributed by atoms with van der Waals surface area (Å²) in [5, 5.41) is 21.2. The van der Waals surface area contributed by atoms with Crippen LogP contribution in [0.15, 0.2) is 66.9 Å². The summed E-state index contributed by atoms with van der Waals surface area (Å²) >= 11 is 0. The lowest BCUT2D eigenvalue weighted by atomic mass is 10.0. The summed E-state index contributed by atoms with van der Waals surface area (Å²) in [5.74, 6) is -0.439. The second kappa shape index (κ2) is 11.5. The topological polar surface area (TPSA) is 95.9 Å². The van der Waals surface area contributed by atoms with E-state index < -0.39 is 12.5 Å². The van der Waals surface area contributed by atoms with Crippen LogP contribution >= 0.6 is 17.0 Å². The Morgan fingerprint density at radius 2 is 1.66 bits per heavy atom. The molecule has 2 aromatic heterocycles. The highest BCUT2D eigenvalue weighted by Gasteiger charge is 2.23. The number of halogens is 1. The second-order valence-electron chi connectivity index (χ2n) is 8.80. The van der Waals surface area contributed by atoms with Crippen molar-refractivity contribution in [1.29, 1.82) is 5.41 Å². The number of hydrogen-bond acceptors (Lipinski definition) is 4. The molecule has 7 nitrogen and oxygen atoms in total. The van der Waals surface area contributed by atoms with Crippen LogP contribution in [0.4, 0.5) is 0 Å². The van der Waals surface area contributed by atoms with E-state index in [0.29, 0.717) is 17.7 Å². The highest BCUT2D eigenvalue weighted by Crippen LogP contribution is 2.25. The normalized spacial score (nSPS) is 12.7. The van der Waals surface area contributed by atoms with Crippen LogP contribution < -0.4 is 10.9 Å². The summed E-state index contributed by atoms with van der Waals surface area (Å²) in [6.45, 7) is 5.90. The number of amides is 1. The van der Waals surface area contributed by atoms with Crippen LogP contribution in [0.5, 0.6) is 0 Å². The lowest BCUT2D eigenvalue weighted by Crippen LogP contribution is -2.38. The Morgan fingerprint density at radius 1 is 1.03 bits per heavy atom. The molecule has 0 saturated carbocycles. The highest BCUT2D eigenvalue weighted by atomic mass is 79.9. The molecule has 4 aromatic rings. The van der Waals surface area contributed by atoms with Crippen molar-refractivity contribution in [2.24, 2.45) is 0 Å². The number of nitrogens with one attached hydrogen (secondary N) is 2. The molecule has 0 fully saturated rings. The summed E-state index contributed by atoms with van der Waals surface area (Å²) < 4.78 is 3.89. The number of pyridine rings is 1. The van der Waals surface area contributed by atoms with Gasteiger partial charge in [-0.2, -0.15) is 0 Å². The quantitative estimate of drug-likeness (QED) is 0.316. The fourth-order valence-electron chi connectivity index (χ4n) is 4.36. The number of hydrogen-bond donors (Lipinski definition) is 3. The van der Waals surface area contributed by atoms with E-state index in [0.717, 1.165) is 16.6 Å². The Hall–Kier alpha value is -3.23. The van der Waals surface area contributed by atoms with E-state index in [1.165, 1.54) is 11.1 Å². The summed E-state index contributed by atoms with van der Waals surface area (Å²) in [6.07, 6.45) is 2.34. The van der Waals surface area contributed by atoms with Crippen LogP contribution in [0.3, 0.4) is 0 Å². The maximum absolute atomic E-state index is 11.9. The van der Waals surface area contributed by atoms with E-state index in [1.807, 2.05) is 28.2 Å². The van der Waals surface area contributed by atoms with Gasteiger partial charge < -0.3 is 15.0 Å². The average Bonchev–Trinajstić information content (AvgIpc) is 3.14. The first-order chi connectivity index (χ1) is 16.4. The zero-order valence-corrected chi connectivity index (χ0v) is 21.9. The number of fused-ring (bicyclic) bond motifs is 1. The molecule has 3 N–H and O–H groups in total. The molecule has 1 amide bonds. The van der Waals surface area contributed by atoms with Gasteiger partial charge in [0.25, 0.3) is 0 Å². The molecule has 0 bridgehead atoms. The molecule has 8 heteroatoms. The zero-order chi connectivity index (χ0) is 24.2. The Balaban J connectivity index is 0.00000342. The molecule has 184 valence electrons. The zero-order valence-electron chi connectivity index (χ0n) is 20.2. The molecule has 0 aliphatic rings. The van der Waals surface area contributed by atoms with E-state index in [2.05, 4.69) is 72.7 Å². The summed E-state index contributed by atoms with van der Waals surface area (Å²) in [6, 6.07) is 20.2. The Kier molecular flexibility index (Phi) is 8.64. The molecule has 2 aromatic carbocycles. The minimum atomic E-state index is -0.569. The van der Waals surface area contributed by atoms with Crippen molar-refractivity contribution in [1.82, 2.24) is 19.4 Å². The van der Waals surface area contributed by atoms with Gasteiger partial charge in [-0.15, -0.1) is 17.0 Å². The third-order valence-electron chi connectivity index (χ3n) is 6.29. The maximum atomic E-state index is 11.9. The van der Waals surface area contributed by atoms with Gasteiger partial charge in [0.05, 0.1) is 17.6 Å². The van der Waals surface area contributed by atoms with Gasteiger partial charge in [-0.3, -0.25) is 14.8 Å². The van der Waals surface area contributed by atoms with Gasteiger partial charge in [0, 0.05) is 12.7 Å². The minimum absolute atomic E-state index is 0. The first-order valence-corrected chi connectivity index (χ1v) is 11.5. The van der Waals surface area contributed by atoms with Crippen LogP contribution in [0.2, 0.25) is 0 Å². The number of imidazole rings is 1. The van der Waals surface area contributed by atoms with Crippen molar-refractivity contribution in [3.05, 3.63) is 94.7 Å². The molecule has 0 saturated heterocycles. The third-order valence-corrected chi connectivity index (χ3v) is 6.29. The van der Waals surface area contributed by atoms with Gasteiger partial charge >= 0.3 is 0 Å². The van der Waals surface area contributed by atoms with E-state index in [4.69, 9.17) is 0 Å². The lowest BCUT2D eigenvalue weighted by molar-refractivity contribution is -0.123. The number of carbonyl (C=O) groups is 1. The lowest BCUT2D eigenvalue weighted by Gasteiger charge is -2.21. The first-order valence-electron chi connectivity index (χ1n) is 11.5. The molecular formula is C27H32BrN5O2. The fraction of sp³-hybridized carbons (Fsp3) is 0.296. The number of benzene rings is 2. The molecule has 0 aliphatic carbocycles. The molecule has 2 atom stereocenters. The molecule has 0 aliphatic heterocycles. The summed E-state index contributed by atoms with van der Waals surface area (Å²) in [5.41, 5.74) is 6.45. The minimum Gasteiger partial charge on any atom is -0.387 e. The standard InChI is InChI=1S/C27H31N5O2.BrH/c1-18-6-10-21(11-7-18)15-23(16-30-25(34)17-33)32-26-24(5-4-14-29-26)31(27(32)28)20(3)22-12-8-19(2)9-13-22;/h4-14,20,23,28,33H,15-17H2,1-3H3,(H,30,34);1H. The van der Waals surface area contributed by atoms with Gasteiger partial charge in [0.2, 0.25) is 11.5 Å². The van der Waals surface area contributed by atoms with Crippen LogP contribution in [-0.4, -0.2) is 38.3 Å². The van der Waals surface area contributed by atoms with Crippen LogP contribution in [0.1, 0.15) is 41.3 Å². The number of nitrogens with zero attached hydrogens (tertiary/aromatic N) is 3. The van der Waals surface area contributed by atoms with Crippen molar-refractivity contribution in [3.8, 4) is 0 Å². The molecule has 0 radical (unpaired) electrons. The van der Waals surface area contributed by atoms with Crippen molar-refractivity contribution >= 4 is 34.1 Å². The van der Waals surface area contributed by atoms with E-state index in [-0.39, 0.29) is 35.6 Å². The predicted octanol–water partition coefficient (Wildman–Crippen LogP) is 4.01. The van der Waals surface area contributed by atoms with Gasteiger partial charge in [0.1, 0.15) is 6.61 Å². The van der Waals surface area contributed by atoms with Crippen LogP contribution in [0, 0.1) is 19.3 Å². The SMILES string of the molecule is Br.Cc1ccc(CC(CNC(=O)CO)n2c(=N)n(C(C)c3ccc(C)cc3)c3cccnc32)cc1. The number of carbonyl (C=O) groups excluding carboxylic acids is 1. The predicted molar refractivity (Wildman–Crippen MR) is 143 cm³/mol. The first kappa shape index (κ1) is 26.4. The van der Waals surface area contributed by atoms with Gasteiger partial charge in [-0.1, -0.05) is 59.7 Å².